The van der Waals surface area contributed by atoms with Crippen LogP contribution in [-0.4, -0.2) is 0 Å². The van der Waals surface area contributed by atoms with E-state index >= 15 is 0 Å². The number of rotatable bonds is 2. The first-order valence-corrected chi connectivity index (χ1v) is 2.38. The standard InChI is InChI=1S/C7H9O/c1-7(2)5-3-4-6-8/h3-6H,1H2,2H3/b5-3+,6-4+. The fourth-order valence-electron chi connectivity index (χ4n) is 0.265. The van der Waals surface area contributed by atoms with Crippen LogP contribution >= 0.6 is 0 Å². The van der Waals surface area contributed by atoms with Gasteiger partial charge in [0.2, 0.25) is 0 Å². The van der Waals surface area contributed by atoms with Crippen molar-refractivity contribution in [2.75, 3.05) is 0 Å². The molecule has 0 heterocycles. The molecule has 0 aromatic carbocycles. The fraction of sp³-hybridized carbons (Fsp3) is 0.143. The van der Waals surface area contributed by atoms with Gasteiger partial charge in [0.05, 0.1) is 0 Å². The summed E-state index contributed by atoms with van der Waals surface area (Å²) in [6.07, 6.45) is 5.60. The Morgan fingerprint density at radius 2 is 2.12 bits per heavy atom. The molecule has 1 radical (unpaired) electrons. The Hall–Kier alpha value is -0.980. The second-order valence-corrected chi connectivity index (χ2v) is 1.53. The predicted molar refractivity (Wildman–Crippen MR) is 33.8 cm³/mol. The van der Waals surface area contributed by atoms with Crippen LogP contribution in [-0.2, 0) is 5.11 Å². The summed E-state index contributed by atoms with van der Waals surface area (Å²) in [5.41, 5.74) is 0.947. The van der Waals surface area contributed by atoms with Gasteiger partial charge in [-0.15, -0.1) is 0 Å². The monoisotopic (exact) mass is 109 g/mol. The van der Waals surface area contributed by atoms with Crippen molar-refractivity contribution in [1.29, 1.82) is 0 Å². The van der Waals surface area contributed by atoms with Gasteiger partial charge in [0, 0.05) is 0 Å². The van der Waals surface area contributed by atoms with Gasteiger partial charge < -0.3 is 0 Å². The van der Waals surface area contributed by atoms with Crippen LogP contribution < -0.4 is 0 Å². The zero-order valence-corrected chi connectivity index (χ0v) is 4.92. The maximum Gasteiger partial charge on any atom is 0.142 e. The molecule has 43 valence electrons. The molecule has 0 N–H and O–H groups in total. The van der Waals surface area contributed by atoms with E-state index in [2.05, 4.69) is 6.58 Å². The third-order valence-corrected chi connectivity index (χ3v) is 0.570. The summed E-state index contributed by atoms with van der Waals surface area (Å²) in [6, 6.07) is 0. The first-order chi connectivity index (χ1) is 3.77. The van der Waals surface area contributed by atoms with E-state index in [1.54, 1.807) is 12.2 Å². The van der Waals surface area contributed by atoms with Crippen molar-refractivity contribution in [2.45, 2.75) is 6.92 Å². The summed E-state index contributed by atoms with van der Waals surface area (Å²) < 4.78 is 0. The summed E-state index contributed by atoms with van der Waals surface area (Å²) in [5, 5.41) is 9.65. The van der Waals surface area contributed by atoms with Gasteiger partial charge in [-0.25, -0.2) is 0 Å². The molecule has 0 amide bonds. The molecule has 0 aliphatic rings. The predicted octanol–water partition coefficient (Wildman–Crippen LogP) is 2.06. The van der Waals surface area contributed by atoms with Crippen molar-refractivity contribution in [2.24, 2.45) is 0 Å². The van der Waals surface area contributed by atoms with Gasteiger partial charge in [-0.05, 0) is 13.0 Å². The normalized spacial score (nSPS) is 11.1. The van der Waals surface area contributed by atoms with E-state index in [0.29, 0.717) is 0 Å². The number of allylic oxidation sites excluding steroid dienone is 4. The van der Waals surface area contributed by atoms with Crippen LogP contribution in [0.2, 0.25) is 0 Å². The molecule has 0 unspecified atom stereocenters. The minimum Gasteiger partial charge on any atom is -0.299 e. The summed E-state index contributed by atoms with van der Waals surface area (Å²) in [6.45, 7) is 5.47. The third-order valence-electron chi connectivity index (χ3n) is 0.570. The first-order valence-electron chi connectivity index (χ1n) is 2.38. The molecule has 1 heteroatoms. The molecule has 0 spiro atoms. The molecule has 8 heavy (non-hydrogen) atoms. The Bertz CT molecular complexity index is 120. The lowest BCUT2D eigenvalue weighted by molar-refractivity contribution is 0.352. The van der Waals surface area contributed by atoms with Crippen LogP contribution in [0.4, 0.5) is 0 Å². The molecule has 0 saturated heterocycles. The van der Waals surface area contributed by atoms with Crippen molar-refractivity contribution < 1.29 is 5.11 Å². The largest absolute Gasteiger partial charge is 0.299 e. The van der Waals surface area contributed by atoms with Crippen LogP contribution in [0.25, 0.3) is 0 Å². The van der Waals surface area contributed by atoms with Crippen molar-refractivity contribution in [1.82, 2.24) is 0 Å². The first kappa shape index (κ1) is 7.02. The van der Waals surface area contributed by atoms with E-state index in [-0.39, 0.29) is 0 Å². The van der Waals surface area contributed by atoms with Gasteiger partial charge in [-0.1, -0.05) is 24.3 Å². The van der Waals surface area contributed by atoms with Gasteiger partial charge >= 0.3 is 0 Å². The van der Waals surface area contributed by atoms with Crippen molar-refractivity contribution in [3.63, 3.8) is 0 Å². The lowest BCUT2D eigenvalue weighted by atomic mass is 10.3. The van der Waals surface area contributed by atoms with Crippen LogP contribution in [0.1, 0.15) is 6.92 Å². The second-order valence-electron chi connectivity index (χ2n) is 1.53. The third kappa shape index (κ3) is 5.02. The van der Waals surface area contributed by atoms with Gasteiger partial charge in [0.1, 0.15) is 6.26 Å². The van der Waals surface area contributed by atoms with Crippen molar-refractivity contribution >= 4 is 0 Å². The maximum absolute atomic E-state index is 9.65. The topological polar surface area (TPSA) is 19.9 Å². The average molecular weight is 109 g/mol. The molecular formula is C7H9O. The molecular weight excluding hydrogens is 100 g/mol. The Morgan fingerprint density at radius 1 is 1.50 bits per heavy atom. The Morgan fingerprint density at radius 3 is 2.50 bits per heavy atom. The van der Waals surface area contributed by atoms with E-state index in [1.807, 2.05) is 6.92 Å². The highest BCUT2D eigenvalue weighted by Gasteiger charge is 1.67. The highest BCUT2D eigenvalue weighted by atomic mass is 16.2. The SMILES string of the molecule is C=C(C)/C=C/C=C/[O]. The molecule has 0 saturated carbocycles. The summed E-state index contributed by atoms with van der Waals surface area (Å²) in [4.78, 5) is 0. The molecule has 0 aliphatic carbocycles. The molecule has 0 bridgehead atoms. The van der Waals surface area contributed by atoms with Crippen LogP contribution in [0.15, 0.2) is 36.6 Å². The zero-order chi connectivity index (χ0) is 6.41. The Kier molecular flexibility index (Phi) is 3.67. The Labute approximate surface area is 49.7 Å². The van der Waals surface area contributed by atoms with Gasteiger partial charge in [-0.3, -0.25) is 5.11 Å². The number of hydrogen-bond donors (Lipinski definition) is 0. The minimum atomic E-state index is 0.736. The number of hydrogen-bond acceptors (Lipinski definition) is 0. The summed E-state index contributed by atoms with van der Waals surface area (Å²) >= 11 is 0. The van der Waals surface area contributed by atoms with Crippen LogP contribution in [0.5, 0.6) is 0 Å². The van der Waals surface area contributed by atoms with E-state index in [4.69, 9.17) is 0 Å². The second kappa shape index (κ2) is 4.19. The van der Waals surface area contributed by atoms with Crippen molar-refractivity contribution in [3.05, 3.63) is 36.6 Å². The van der Waals surface area contributed by atoms with Crippen molar-refractivity contribution in [3.8, 4) is 0 Å². The minimum absolute atomic E-state index is 0.736. The molecule has 0 rings (SSSR count). The van der Waals surface area contributed by atoms with Gasteiger partial charge in [-0.2, -0.15) is 0 Å². The highest BCUT2D eigenvalue weighted by molar-refractivity contribution is 5.15. The molecule has 0 atom stereocenters. The van der Waals surface area contributed by atoms with Gasteiger partial charge in [0.25, 0.3) is 0 Å². The zero-order valence-electron chi connectivity index (χ0n) is 4.92. The smallest absolute Gasteiger partial charge is 0.142 e. The molecule has 0 aromatic rings. The summed E-state index contributed by atoms with van der Waals surface area (Å²) in [5.74, 6) is 0. The molecule has 0 aliphatic heterocycles. The fourth-order valence-corrected chi connectivity index (χ4v) is 0.265. The Balaban J connectivity index is 3.50. The molecule has 1 nitrogen and oxygen atoms in total. The van der Waals surface area contributed by atoms with E-state index in [9.17, 15) is 5.11 Å². The lowest BCUT2D eigenvalue weighted by Crippen LogP contribution is -1.57. The average Bonchev–Trinajstić information content (AvgIpc) is 1.66. The molecule has 0 fully saturated rings. The lowest BCUT2D eigenvalue weighted by Gasteiger charge is -1.77. The van der Waals surface area contributed by atoms with Crippen LogP contribution in [0, 0.1) is 0 Å². The van der Waals surface area contributed by atoms with Crippen LogP contribution in [0.3, 0.4) is 0 Å². The maximum atomic E-state index is 9.65. The summed E-state index contributed by atoms with van der Waals surface area (Å²) in [7, 11) is 0. The van der Waals surface area contributed by atoms with Gasteiger partial charge in [0.15, 0.2) is 0 Å². The van der Waals surface area contributed by atoms with E-state index < -0.39 is 0 Å². The van der Waals surface area contributed by atoms with E-state index in [0.717, 1.165) is 11.8 Å². The quantitative estimate of drug-likeness (QED) is 0.382. The molecule has 0 aromatic heterocycles. The van der Waals surface area contributed by atoms with E-state index in [1.165, 1.54) is 6.08 Å². The highest BCUT2D eigenvalue weighted by Crippen LogP contribution is 1.87.